The topological polar surface area (TPSA) is 42.0 Å². The molecule has 0 atom stereocenters. The van der Waals surface area contributed by atoms with Crippen LogP contribution in [0.15, 0.2) is 48.2 Å². The van der Waals surface area contributed by atoms with Gasteiger partial charge in [0, 0.05) is 12.2 Å². The highest BCUT2D eigenvalue weighted by molar-refractivity contribution is 7.80. The summed E-state index contributed by atoms with van der Waals surface area (Å²) in [7, 11) is 3.18. The molecule has 0 spiro atoms. The number of carbonyl (C=O) groups is 1. The second kappa shape index (κ2) is 7.80. The molecule has 5 nitrogen and oxygen atoms in total. The van der Waals surface area contributed by atoms with Gasteiger partial charge in [-0.25, -0.2) is 0 Å². The lowest BCUT2D eigenvalue weighted by Gasteiger charge is -2.20. The molecule has 0 unspecified atom stereocenters. The molecule has 1 heterocycles. The maximum absolute atomic E-state index is 13.0. The van der Waals surface area contributed by atoms with E-state index in [1.165, 1.54) is 0 Å². The van der Waals surface area contributed by atoms with Gasteiger partial charge in [0.1, 0.15) is 5.70 Å². The van der Waals surface area contributed by atoms with Gasteiger partial charge in [0.05, 0.1) is 14.2 Å². The van der Waals surface area contributed by atoms with E-state index >= 15 is 0 Å². The lowest BCUT2D eigenvalue weighted by molar-refractivity contribution is -0.122. The average molecular weight is 382 g/mol. The van der Waals surface area contributed by atoms with Crippen molar-refractivity contribution >= 4 is 35.0 Å². The van der Waals surface area contributed by atoms with Gasteiger partial charge in [-0.2, -0.15) is 0 Å². The van der Waals surface area contributed by atoms with Crippen LogP contribution in [0.2, 0.25) is 0 Å². The second-order valence-electron chi connectivity index (χ2n) is 6.15. The van der Waals surface area contributed by atoms with Crippen molar-refractivity contribution in [3.8, 4) is 11.5 Å². The molecule has 1 saturated heterocycles. The average Bonchev–Trinajstić information content (AvgIpc) is 2.91. The molecule has 0 bridgehead atoms. The predicted octanol–water partition coefficient (Wildman–Crippen LogP) is 4.01. The molecule has 3 rings (SSSR count). The van der Waals surface area contributed by atoms with Crippen LogP contribution in [-0.4, -0.2) is 36.7 Å². The number of anilines is 1. The van der Waals surface area contributed by atoms with Crippen LogP contribution in [0.3, 0.4) is 0 Å². The standard InChI is InChI=1S/C21H22N2O3S/c1-5-22-20(24)17(12-15-8-11-18(25-3)19(13-15)26-4)23(21(22)27)16-9-6-14(2)7-10-16/h6-13H,5H2,1-4H3/b17-12-. The number of rotatable bonds is 5. The number of hydrogen-bond donors (Lipinski definition) is 0. The first-order valence-corrected chi connectivity index (χ1v) is 9.07. The van der Waals surface area contributed by atoms with E-state index < -0.39 is 0 Å². The lowest BCUT2D eigenvalue weighted by atomic mass is 10.1. The summed E-state index contributed by atoms with van der Waals surface area (Å²) in [5.74, 6) is 1.13. The van der Waals surface area contributed by atoms with E-state index in [0.29, 0.717) is 28.9 Å². The minimum Gasteiger partial charge on any atom is -0.493 e. The molecule has 1 aliphatic rings. The normalized spacial score (nSPS) is 15.6. The quantitative estimate of drug-likeness (QED) is 0.577. The fourth-order valence-corrected chi connectivity index (χ4v) is 3.41. The predicted molar refractivity (Wildman–Crippen MR) is 111 cm³/mol. The van der Waals surface area contributed by atoms with Gasteiger partial charge < -0.3 is 9.47 Å². The van der Waals surface area contributed by atoms with Crippen LogP contribution in [0, 0.1) is 6.92 Å². The Bertz CT molecular complexity index is 906. The van der Waals surface area contributed by atoms with Crippen molar-refractivity contribution in [3.63, 3.8) is 0 Å². The number of hydrogen-bond acceptors (Lipinski definition) is 4. The Morgan fingerprint density at radius 2 is 1.70 bits per heavy atom. The number of likely N-dealkylation sites (N-methyl/N-ethyl adjacent to an activating group) is 1. The van der Waals surface area contributed by atoms with Gasteiger partial charge in [-0.3, -0.25) is 14.6 Å². The molecule has 0 aromatic heterocycles. The Balaban J connectivity index is 2.09. The summed E-state index contributed by atoms with van der Waals surface area (Å²) in [6.45, 7) is 4.45. The Morgan fingerprint density at radius 3 is 2.30 bits per heavy atom. The minimum absolute atomic E-state index is 0.113. The molecule has 6 heteroatoms. The van der Waals surface area contributed by atoms with Crippen LogP contribution in [-0.2, 0) is 4.79 Å². The smallest absolute Gasteiger partial charge is 0.277 e. The minimum atomic E-state index is -0.113. The summed E-state index contributed by atoms with van der Waals surface area (Å²) in [4.78, 5) is 16.4. The van der Waals surface area contributed by atoms with Gasteiger partial charge in [-0.1, -0.05) is 23.8 Å². The van der Waals surface area contributed by atoms with E-state index in [1.807, 2.05) is 67.3 Å². The summed E-state index contributed by atoms with van der Waals surface area (Å²) in [6, 6.07) is 13.5. The first-order chi connectivity index (χ1) is 13.0. The molecule has 0 radical (unpaired) electrons. The third-order valence-electron chi connectivity index (χ3n) is 4.45. The lowest BCUT2D eigenvalue weighted by Crippen LogP contribution is -2.32. The summed E-state index contributed by atoms with van der Waals surface area (Å²) in [5.41, 5.74) is 3.35. The zero-order valence-electron chi connectivity index (χ0n) is 15.9. The number of nitrogens with zero attached hydrogens (tertiary/aromatic N) is 2. The Hall–Kier alpha value is -2.86. The molecular formula is C21H22N2O3S. The fourth-order valence-electron chi connectivity index (χ4n) is 2.99. The molecule has 2 aromatic carbocycles. The molecule has 0 N–H and O–H groups in total. The van der Waals surface area contributed by atoms with Crippen molar-refractivity contribution in [1.82, 2.24) is 4.90 Å². The molecule has 2 aromatic rings. The van der Waals surface area contributed by atoms with E-state index in [9.17, 15) is 4.79 Å². The fraction of sp³-hybridized carbons (Fsp3) is 0.238. The van der Waals surface area contributed by atoms with E-state index in [2.05, 4.69) is 0 Å². The van der Waals surface area contributed by atoms with Crippen molar-refractivity contribution in [2.24, 2.45) is 0 Å². The molecule has 27 heavy (non-hydrogen) atoms. The van der Waals surface area contributed by atoms with Crippen molar-refractivity contribution in [1.29, 1.82) is 0 Å². The number of thiocarbonyl (C=S) groups is 1. The summed E-state index contributed by atoms with van der Waals surface area (Å²) in [6.07, 6.45) is 1.83. The van der Waals surface area contributed by atoms with Crippen molar-refractivity contribution in [2.45, 2.75) is 13.8 Å². The Morgan fingerprint density at radius 1 is 1.04 bits per heavy atom. The highest BCUT2D eigenvalue weighted by Gasteiger charge is 2.37. The van der Waals surface area contributed by atoms with Gasteiger partial charge in [-0.15, -0.1) is 0 Å². The Labute approximate surface area is 164 Å². The highest BCUT2D eigenvalue weighted by atomic mass is 32.1. The number of amides is 1. The first kappa shape index (κ1) is 18.9. The molecule has 140 valence electrons. The maximum Gasteiger partial charge on any atom is 0.277 e. The van der Waals surface area contributed by atoms with Gasteiger partial charge >= 0.3 is 0 Å². The van der Waals surface area contributed by atoms with Crippen molar-refractivity contribution < 1.29 is 14.3 Å². The van der Waals surface area contributed by atoms with Crippen LogP contribution in [0.4, 0.5) is 5.69 Å². The second-order valence-corrected chi connectivity index (χ2v) is 6.51. The molecule has 1 fully saturated rings. The number of methoxy groups -OCH3 is 2. The van der Waals surface area contributed by atoms with Gasteiger partial charge in [0.25, 0.3) is 5.91 Å². The van der Waals surface area contributed by atoms with Crippen LogP contribution >= 0.6 is 12.2 Å². The van der Waals surface area contributed by atoms with E-state index in [0.717, 1.165) is 16.8 Å². The summed E-state index contributed by atoms with van der Waals surface area (Å²) >= 11 is 5.58. The molecule has 1 amide bonds. The number of benzene rings is 2. The SMILES string of the molecule is CCN1C(=O)/C(=C/c2ccc(OC)c(OC)c2)N(c2ccc(C)cc2)C1=S. The third-order valence-corrected chi connectivity index (χ3v) is 4.85. The third kappa shape index (κ3) is 3.53. The van der Waals surface area contributed by atoms with Crippen LogP contribution in [0.1, 0.15) is 18.1 Å². The monoisotopic (exact) mass is 382 g/mol. The van der Waals surface area contributed by atoms with E-state index in [1.54, 1.807) is 19.1 Å². The van der Waals surface area contributed by atoms with Gasteiger partial charge in [-0.05, 0) is 62.0 Å². The zero-order valence-corrected chi connectivity index (χ0v) is 16.7. The maximum atomic E-state index is 13.0. The Kier molecular flexibility index (Phi) is 5.46. The van der Waals surface area contributed by atoms with Crippen molar-refractivity contribution in [3.05, 3.63) is 59.3 Å². The summed E-state index contributed by atoms with van der Waals surface area (Å²) < 4.78 is 10.7. The first-order valence-electron chi connectivity index (χ1n) is 8.66. The number of ether oxygens (including phenoxy) is 2. The summed E-state index contributed by atoms with van der Waals surface area (Å²) in [5, 5.41) is 0.484. The van der Waals surface area contributed by atoms with Crippen LogP contribution in [0.25, 0.3) is 6.08 Å². The largest absolute Gasteiger partial charge is 0.493 e. The van der Waals surface area contributed by atoms with E-state index in [-0.39, 0.29) is 5.91 Å². The molecule has 1 aliphatic heterocycles. The highest BCUT2D eigenvalue weighted by Crippen LogP contribution is 2.32. The van der Waals surface area contributed by atoms with E-state index in [4.69, 9.17) is 21.7 Å². The van der Waals surface area contributed by atoms with Gasteiger partial charge in [0.2, 0.25) is 0 Å². The van der Waals surface area contributed by atoms with Crippen molar-refractivity contribution in [2.75, 3.05) is 25.7 Å². The zero-order chi connectivity index (χ0) is 19.6. The number of carbonyl (C=O) groups excluding carboxylic acids is 1. The van der Waals surface area contributed by atoms with Crippen LogP contribution in [0.5, 0.6) is 11.5 Å². The molecule has 0 aliphatic carbocycles. The molecule has 0 saturated carbocycles. The molecular weight excluding hydrogens is 360 g/mol. The number of aryl methyl sites for hydroxylation is 1. The van der Waals surface area contributed by atoms with Crippen LogP contribution < -0.4 is 14.4 Å². The van der Waals surface area contributed by atoms with Gasteiger partial charge in [0.15, 0.2) is 16.6 Å².